The van der Waals surface area contributed by atoms with Gasteiger partial charge in [-0.3, -0.25) is 14.4 Å². The molecule has 0 rings (SSSR count). The smallest absolute Gasteiger partial charge is 0.306 e. The van der Waals surface area contributed by atoms with Gasteiger partial charge in [0, 0.05) is 19.3 Å². The topological polar surface area (TPSA) is 78.9 Å². The third kappa shape index (κ3) is 55.8. The van der Waals surface area contributed by atoms with Crippen LogP contribution in [-0.2, 0) is 28.6 Å². The summed E-state index contributed by atoms with van der Waals surface area (Å²) in [6.45, 7) is 6.53. The van der Waals surface area contributed by atoms with Crippen molar-refractivity contribution < 1.29 is 28.6 Å². The van der Waals surface area contributed by atoms with Crippen molar-refractivity contribution in [2.45, 2.75) is 303 Å². The molecular formula is C64H112O6. The van der Waals surface area contributed by atoms with Crippen LogP contribution in [0, 0.1) is 0 Å². The summed E-state index contributed by atoms with van der Waals surface area (Å²) in [6.07, 6.45) is 74.6. The fourth-order valence-electron chi connectivity index (χ4n) is 8.47. The molecule has 0 bridgehead atoms. The molecule has 0 N–H and O–H groups in total. The molecule has 0 radical (unpaired) electrons. The standard InChI is InChI=1S/C64H112O6/c1-4-7-10-13-16-19-22-25-27-29-31-32-34-35-37-39-42-45-48-51-54-57-63(66)69-60-61(59-68-62(65)56-53-50-47-44-41-24-21-18-15-12-9-6-3)70-64(67)58-55-52-49-46-43-40-38-36-33-30-28-26-23-20-17-14-11-8-5-2/h7,10,16,19,25-28,31-32,35,37,61H,4-6,8-9,11-15,17-18,20-24,29-30,33-34,36,38-60H2,1-3H3/b10-7-,19-16-,27-25-,28-26-,32-31-,37-35-. The van der Waals surface area contributed by atoms with Crippen LogP contribution in [0.5, 0.6) is 0 Å². The zero-order valence-corrected chi connectivity index (χ0v) is 46.3. The molecule has 0 fully saturated rings. The number of unbranched alkanes of at least 4 members (excludes halogenated alkanes) is 31. The maximum Gasteiger partial charge on any atom is 0.306 e. The Bertz CT molecular complexity index is 1310. The SMILES string of the molecule is CC/C=C\C/C=C\C/C=C\C/C=C\C/C=C\CCCCCCCC(=O)OCC(COC(=O)CCCCCCCCCCCCCC)OC(=O)CCCCCCCCCCC/C=C\CCCCCCCC. The van der Waals surface area contributed by atoms with Gasteiger partial charge in [0.15, 0.2) is 6.10 Å². The quantitative estimate of drug-likeness (QED) is 0.0261. The normalized spacial score (nSPS) is 12.6. The van der Waals surface area contributed by atoms with Crippen molar-refractivity contribution in [1.29, 1.82) is 0 Å². The first-order valence-corrected chi connectivity index (χ1v) is 29.9. The number of hydrogen-bond donors (Lipinski definition) is 0. The van der Waals surface area contributed by atoms with E-state index in [0.717, 1.165) is 109 Å². The van der Waals surface area contributed by atoms with Gasteiger partial charge in [-0.1, -0.05) is 261 Å². The summed E-state index contributed by atoms with van der Waals surface area (Å²) in [5, 5.41) is 0. The highest BCUT2D eigenvalue weighted by Crippen LogP contribution is 2.16. The Labute approximate surface area is 433 Å². The average Bonchev–Trinajstić information content (AvgIpc) is 3.36. The lowest BCUT2D eigenvalue weighted by atomic mass is 10.0. The number of hydrogen-bond acceptors (Lipinski definition) is 6. The van der Waals surface area contributed by atoms with Crippen LogP contribution < -0.4 is 0 Å². The summed E-state index contributed by atoms with van der Waals surface area (Å²) in [6, 6.07) is 0. The molecule has 0 saturated heterocycles. The Morgan fingerprint density at radius 2 is 0.557 bits per heavy atom. The van der Waals surface area contributed by atoms with Gasteiger partial charge in [0.05, 0.1) is 0 Å². The summed E-state index contributed by atoms with van der Waals surface area (Å²) >= 11 is 0. The van der Waals surface area contributed by atoms with Crippen molar-refractivity contribution in [2.24, 2.45) is 0 Å². The number of carbonyl (C=O) groups is 3. The van der Waals surface area contributed by atoms with E-state index in [1.807, 2.05) is 0 Å². The number of esters is 3. The van der Waals surface area contributed by atoms with E-state index >= 15 is 0 Å². The maximum atomic E-state index is 12.9. The summed E-state index contributed by atoms with van der Waals surface area (Å²) in [4.78, 5) is 38.2. The highest BCUT2D eigenvalue weighted by atomic mass is 16.6. The second-order valence-corrected chi connectivity index (χ2v) is 19.9. The van der Waals surface area contributed by atoms with Gasteiger partial charge in [0.1, 0.15) is 13.2 Å². The Morgan fingerprint density at radius 1 is 0.300 bits per heavy atom. The summed E-state index contributed by atoms with van der Waals surface area (Å²) in [5.74, 6) is -0.890. The molecule has 0 aliphatic rings. The van der Waals surface area contributed by atoms with Gasteiger partial charge in [0.25, 0.3) is 0 Å². The number of allylic oxidation sites excluding steroid dienone is 12. The molecule has 0 aromatic carbocycles. The van der Waals surface area contributed by atoms with Crippen LogP contribution in [0.15, 0.2) is 72.9 Å². The van der Waals surface area contributed by atoms with Crippen LogP contribution in [0.3, 0.4) is 0 Å². The average molecular weight is 978 g/mol. The predicted octanol–water partition coefficient (Wildman–Crippen LogP) is 20.2. The lowest BCUT2D eigenvalue weighted by Gasteiger charge is -2.18. The second kappa shape index (κ2) is 58.4. The number of ether oxygens (including phenoxy) is 3. The first-order valence-electron chi connectivity index (χ1n) is 29.9. The first-order chi connectivity index (χ1) is 34.5. The monoisotopic (exact) mass is 977 g/mol. The van der Waals surface area contributed by atoms with Crippen molar-refractivity contribution in [2.75, 3.05) is 13.2 Å². The summed E-state index contributed by atoms with van der Waals surface area (Å²) < 4.78 is 16.9. The minimum absolute atomic E-state index is 0.0799. The molecule has 0 amide bonds. The van der Waals surface area contributed by atoms with E-state index in [1.165, 1.54) is 148 Å². The zero-order valence-electron chi connectivity index (χ0n) is 46.3. The van der Waals surface area contributed by atoms with E-state index in [1.54, 1.807) is 0 Å². The summed E-state index contributed by atoms with van der Waals surface area (Å²) in [7, 11) is 0. The fraction of sp³-hybridized carbons (Fsp3) is 0.766. The van der Waals surface area contributed by atoms with Crippen LogP contribution in [0.4, 0.5) is 0 Å². The third-order valence-electron chi connectivity index (χ3n) is 12.9. The molecule has 0 aromatic heterocycles. The lowest BCUT2D eigenvalue weighted by molar-refractivity contribution is -0.167. The van der Waals surface area contributed by atoms with E-state index in [4.69, 9.17) is 14.2 Å². The van der Waals surface area contributed by atoms with Crippen molar-refractivity contribution in [3.8, 4) is 0 Å². The molecule has 0 aliphatic heterocycles. The largest absolute Gasteiger partial charge is 0.462 e. The number of rotatable bonds is 54. The Balaban J connectivity index is 4.37. The Hall–Kier alpha value is -3.15. The maximum absolute atomic E-state index is 12.9. The van der Waals surface area contributed by atoms with Crippen LogP contribution in [0.2, 0.25) is 0 Å². The second-order valence-electron chi connectivity index (χ2n) is 19.9. The number of carbonyl (C=O) groups excluding carboxylic acids is 3. The molecule has 0 saturated carbocycles. The minimum atomic E-state index is -0.783. The molecule has 1 unspecified atom stereocenters. The van der Waals surface area contributed by atoms with Crippen molar-refractivity contribution >= 4 is 17.9 Å². The molecule has 0 aliphatic carbocycles. The van der Waals surface area contributed by atoms with Crippen molar-refractivity contribution in [3.05, 3.63) is 72.9 Å². The molecule has 1 atom stereocenters. The van der Waals surface area contributed by atoms with Gasteiger partial charge in [-0.25, -0.2) is 0 Å². The van der Waals surface area contributed by atoms with E-state index in [2.05, 4.69) is 93.7 Å². The molecule has 404 valence electrons. The third-order valence-corrected chi connectivity index (χ3v) is 12.9. The van der Waals surface area contributed by atoms with Gasteiger partial charge in [-0.05, 0) is 89.9 Å². The molecule has 6 nitrogen and oxygen atoms in total. The fourth-order valence-corrected chi connectivity index (χ4v) is 8.47. The van der Waals surface area contributed by atoms with Crippen LogP contribution >= 0.6 is 0 Å². The molecular weight excluding hydrogens is 865 g/mol. The Kier molecular flexibility index (Phi) is 55.8. The molecule has 0 heterocycles. The lowest BCUT2D eigenvalue weighted by Crippen LogP contribution is -2.30. The van der Waals surface area contributed by atoms with E-state index in [-0.39, 0.29) is 31.1 Å². The van der Waals surface area contributed by atoms with Crippen molar-refractivity contribution in [1.82, 2.24) is 0 Å². The van der Waals surface area contributed by atoms with Crippen LogP contribution in [0.25, 0.3) is 0 Å². The van der Waals surface area contributed by atoms with E-state index in [0.29, 0.717) is 19.3 Å². The predicted molar refractivity (Wildman–Crippen MR) is 302 cm³/mol. The van der Waals surface area contributed by atoms with Gasteiger partial charge >= 0.3 is 17.9 Å². The Morgan fingerprint density at radius 3 is 0.886 bits per heavy atom. The van der Waals surface area contributed by atoms with Gasteiger partial charge in [-0.2, -0.15) is 0 Å². The van der Waals surface area contributed by atoms with Gasteiger partial charge in [-0.15, -0.1) is 0 Å². The van der Waals surface area contributed by atoms with Gasteiger partial charge < -0.3 is 14.2 Å². The first kappa shape index (κ1) is 66.9. The van der Waals surface area contributed by atoms with Crippen LogP contribution in [-0.4, -0.2) is 37.2 Å². The zero-order chi connectivity index (χ0) is 50.7. The molecule has 70 heavy (non-hydrogen) atoms. The van der Waals surface area contributed by atoms with E-state index in [9.17, 15) is 14.4 Å². The van der Waals surface area contributed by atoms with Crippen LogP contribution in [0.1, 0.15) is 297 Å². The van der Waals surface area contributed by atoms with Gasteiger partial charge in [0.2, 0.25) is 0 Å². The molecule has 0 aromatic rings. The van der Waals surface area contributed by atoms with E-state index < -0.39 is 6.10 Å². The summed E-state index contributed by atoms with van der Waals surface area (Å²) in [5.41, 5.74) is 0. The highest BCUT2D eigenvalue weighted by Gasteiger charge is 2.19. The molecule has 0 spiro atoms. The van der Waals surface area contributed by atoms with Crippen molar-refractivity contribution in [3.63, 3.8) is 0 Å². The highest BCUT2D eigenvalue weighted by molar-refractivity contribution is 5.71. The minimum Gasteiger partial charge on any atom is -0.462 e. The molecule has 6 heteroatoms.